The number of rotatable bonds is 3. The smallest absolute Gasteiger partial charge is 0.0522 e. The summed E-state index contributed by atoms with van der Waals surface area (Å²) in [5, 5.41) is 7.07. The summed E-state index contributed by atoms with van der Waals surface area (Å²) in [4.78, 5) is 0. The maximum absolute atomic E-state index is 5.47. The topological polar surface area (TPSA) is 54.7 Å². The van der Waals surface area contributed by atoms with Crippen molar-refractivity contribution in [3.8, 4) is 0 Å². The molecule has 0 aromatic carbocycles. The van der Waals surface area contributed by atoms with Crippen LogP contribution in [-0.4, -0.2) is 16.7 Å². The summed E-state index contributed by atoms with van der Waals surface area (Å²) in [6, 6.07) is 0. The molecule has 60 valence electrons. The lowest BCUT2D eigenvalue weighted by Gasteiger charge is -1.96. The van der Waals surface area contributed by atoms with Gasteiger partial charge in [0.05, 0.1) is 6.20 Å². The molecule has 0 atom stereocenters. The van der Waals surface area contributed by atoms with Gasteiger partial charge in [0.15, 0.2) is 0 Å². The fourth-order valence-electron chi connectivity index (χ4n) is 1.40. The number of hydrogen-bond donors (Lipinski definition) is 2. The molecule has 2 rings (SSSR count). The molecule has 1 aromatic heterocycles. The van der Waals surface area contributed by atoms with Gasteiger partial charge in [-0.3, -0.25) is 5.10 Å². The molecule has 1 fully saturated rings. The van der Waals surface area contributed by atoms with Crippen LogP contribution >= 0.6 is 0 Å². The van der Waals surface area contributed by atoms with E-state index in [-0.39, 0.29) is 0 Å². The predicted molar refractivity (Wildman–Crippen MR) is 43.3 cm³/mol. The molecule has 3 nitrogen and oxygen atoms in total. The molecule has 1 aromatic rings. The maximum atomic E-state index is 5.47. The van der Waals surface area contributed by atoms with Crippen molar-refractivity contribution < 1.29 is 0 Å². The first-order valence-corrected chi connectivity index (χ1v) is 4.14. The third kappa shape index (κ3) is 1.28. The normalized spacial score (nSPS) is 17.2. The summed E-state index contributed by atoms with van der Waals surface area (Å²) in [6.07, 6.45) is 5.50. The fourth-order valence-corrected chi connectivity index (χ4v) is 1.40. The van der Waals surface area contributed by atoms with Gasteiger partial charge in [0.25, 0.3) is 0 Å². The summed E-state index contributed by atoms with van der Waals surface area (Å²) < 4.78 is 0. The van der Waals surface area contributed by atoms with Gasteiger partial charge >= 0.3 is 0 Å². The van der Waals surface area contributed by atoms with E-state index >= 15 is 0 Å². The highest BCUT2D eigenvalue weighted by Crippen LogP contribution is 2.40. The van der Waals surface area contributed by atoms with E-state index in [9.17, 15) is 0 Å². The molecule has 1 saturated carbocycles. The first kappa shape index (κ1) is 6.85. The monoisotopic (exact) mass is 151 g/mol. The van der Waals surface area contributed by atoms with Gasteiger partial charge in [0.1, 0.15) is 0 Å². The van der Waals surface area contributed by atoms with Crippen molar-refractivity contribution in [1.29, 1.82) is 0 Å². The second-order valence-electron chi connectivity index (χ2n) is 3.12. The molecule has 3 N–H and O–H groups in total. The van der Waals surface area contributed by atoms with Crippen LogP contribution in [0.5, 0.6) is 0 Å². The molecule has 3 heteroatoms. The summed E-state index contributed by atoms with van der Waals surface area (Å²) in [5.41, 5.74) is 8.11. The molecule has 0 radical (unpaired) electrons. The van der Waals surface area contributed by atoms with Crippen LogP contribution in [0.1, 0.15) is 30.0 Å². The Morgan fingerprint density at radius 3 is 3.09 bits per heavy atom. The third-order valence-corrected chi connectivity index (χ3v) is 2.15. The van der Waals surface area contributed by atoms with E-state index in [0.717, 1.165) is 18.9 Å². The number of nitrogens with one attached hydrogen (secondary N) is 1. The number of nitrogens with two attached hydrogens (primary N) is 1. The average Bonchev–Trinajstić information content (AvgIpc) is 2.75. The van der Waals surface area contributed by atoms with Gasteiger partial charge in [-0.05, 0) is 31.4 Å². The minimum absolute atomic E-state index is 0.721. The lowest BCUT2D eigenvalue weighted by molar-refractivity contribution is 0.914. The van der Waals surface area contributed by atoms with E-state index in [0.29, 0.717) is 0 Å². The number of H-pyrrole nitrogens is 1. The zero-order valence-corrected chi connectivity index (χ0v) is 6.51. The van der Waals surface area contributed by atoms with Gasteiger partial charge in [-0.15, -0.1) is 0 Å². The maximum Gasteiger partial charge on any atom is 0.0522 e. The first-order valence-electron chi connectivity index (χ1n) is 4.14. The van der Waals surface area contributed by atoms with Crippen LogP contribution in [0, 0.1) is 0 Å². The van der Waals surface area contributed by atoms with E-state index in [1.54, 1.807) is 0 Å². The van der Waals surface area contributed by atoms with Gasteiger partial charge < -0.3 is 5.73 Å². The molecule has 0 bridgehead atoms. The van der Waals surface area contributed by atoms with Crippen LogP contribution in [-0.2, 0) is 6.42 Å². The van der Waals surface area contributed by atoms with E-state index in [4.69, 9.17) is 5.73 Å². The minimum atomic E-state index is 0.721. The first-order chi connectivity index (χ1) is 5.42. The SMILES string of the molecule is NCCc1cn[nH]c1C1CC1. The summed E-state index contributed by atoms with van der Waals surface area (Å²) in [6.45, 7) is 0.721. The van der Waals surface area contributed by atoms with Crippen molar-refractivity contribution >= 4 is 0 Å². The molecule has 0 saturated heterocycles. The highest BCUT2D eigenvalue weighted by atomic mass is 15.1. The molecular weight excluding hydrogens is 138 g/mol. The van der Waals surface area contributed by atoms with Crippen molar-refractivity contribution in [3.05, 3.63) is 17.5 Å². The standard InChI is InChI=1S/C8H13N3/c9-4-3-7-5-10-11-8(7)6-1-2-6/h5-6H,1-4,9H2,(H,10,11). The quantitative estimate of drug-likeness (QED) is 0.671. The molecule has 0 amide bonds. The van der Waals surface area contributed by atoms with Gasteiger partial charge in [-0.2, -0.15) is 5.10 Å². The summed E-state index contributed by atoms with van der Waals surface area (Å²) in [5.74, 6) is 0.763. The second-order valence-corrected chi connectivity index (χ2v) is 3.12. The average molecular weight is 151 g/mol. The molecular formula is C8H13N3. The van der Waals surface area contributed by atoms with E-state index in [1.807, 2.05) is 6.20 Å². The molecule has 1 aliphatic carbocycles. The van der Waals surface area contributed by atoms with Crippen LogP contribution < -0.4 is 5.73 Å². The minimum Gasteiger partial charge on any atom is -0.330 e. The molecule has 0 unspecified atom stereocenters. The van der Waals surface area contributed by atoms with Gasteiger partial charge in [0.2, 0.25) is 0 Å². The van der Waals surface area contributed by atoms with Crippen LogP contribution in [0.3, 0.4) is 0 Å². The van der Waals surface area contributed by atoms with Crippen molar-refractivity contribution in [2.24, 2.45) is 5.73 Å². The molecule has 1 aliphatic rings. The van der Waals surface area contributed by atoms with Crippen molar-refractivity contribution in [1.82, 2.24) is 10.2 Å². The van der Waals surface area contributed by atoms with E-state index in [2.05, 4.69) is 10.2 Å². The Bertz CT molecular complexity index is 237. The number of nitrogens with zero attached hydrogens (tertiary/aromatic N) is 1. The Kier molecular flexibility index (Phi) is 1.66. The van der Waals surface area contributed by atoms with Crippen LogP contribution in [0.4, 0.5) is 0 Å². The van der Waals surface area contributed by atoms with Crippen molar-refractivity contribution in [2.45, 2.75) is 25.2 Å². The number of hydrogen-bond acceptors (Lipinski definition) is 2. The fraction of sp³-hybridized carbons (Fsp3) is 0.625. The summed E-state index contributed by atoms with van der Waals surface area (Å²) >= 11 is 0. The van der Waals surface area contributed by atoms with E-state index in [1.165, 1.54) is 24.1 Å². The Morgan fingerprint density at radius 2 is 2.45 bits per heavy atom. The Balaban J connectivity index is 2.16. The van der Waals surface area contributed by atoms with Crippen LogP contribution in [0.15, 0.2) is 6.20 Å². The van der Waals surface area contributed by atoms with Crippen molar-refractivity contribution in [2.75, 3.05) is 6.54 Å². The Hall–Kier alpha value is -0.830. The molecule has 0 aliphatic heterocycles. The van der Waals surface area contributed by atoms with Crippen LogP contribution in [0.25, 0.3) is 0 Å². The van der Waals surface area contributed by atoms with Crippen LogP contribution in [0.2, 0.25) is 0 Å². The number of aromatic nitrogens is 2. The third-order valence-electron chi connectivity index (χ3n) is 2.15. The second kappa shape index (κ2) is 2.66. The van der Waals surface area contributed by atoms with Gasteiger partial charge in [-0.25, -0.2) is 0 Å². The predicted octanol–water partition coefficient (Wildman–Crippen LogP) is 0.788. The summed E-state index contributed by atoms with van der Waals surface area (Å²) in [7, 11) is 0. The lowest BCUT2D eigenvalue weighted by atomic mass is 10.1. The van der Waals surface area contributed by atoms with E-state index < -0.39 is 0 Å². The van der Waals surface area contributed by atoms with Crippen molar-refractivity contribution in [3.63, 3.8) is 0 Å². The van der Waals surface area contributed by atoms with Gasteiger partial charge in [0, 0.05) is 11.6 Å². The molecule has 0 spiro atoms. The lowest BCUT2D eigenvalue weighted by Crippen LogP contribution is -2.03. The van der Waals surface area contributed by atoms with Gasteiger partial charge in [-0.1, -0.05) is 0 Å². The zero-order chi connectivity index (χ0) is 7.68. The Labute approximate surface area is 66.0 Å². The number of aromatic amines is 1. The highest BCUT2D eigenvalue weighted by molar-refractivity contribution is 5.24. The molecule has 11 heavy (non-hydrogen) atoms. The highest BCUT2D eigenvalue weighted by Gasteiger charge is 2.27. The molecule has 1 heterocycles. The zero-order valence-electron chi connectivity index (χ0n) is 6.51. The largest absolute Gasteiger partial charge is 0.330 e. The Morgan fingerprint density at radius 1 is 1.64 bits per heavy atom.